The summed E-state index contributed by atoms with van der Waals surface area (Å²) < 4.78 is 0. The number of carbonyl (C=O) groups excluding carboxylic acids is 2. The Bertz CT molecular complexity index is 1230. The molecule has 2 amide bonds. The summed E-state index contributed by atoms with van der Waals surface area (Å²) in [6.45, 7) is 9.14. The first-order chi connectivity index (χ1) is 15.3. The highest BCUT2D eigenvalue weighted by Gasteiger charge is 2.17. The number of nitrogens with one attached hydrogen (secondary N) is 3. The van der Waals surface area contributed by atoms with E-state index >= 15 is 0 Å². The third-order valence-corrected chi connectivity index (χ3v) is 5.26. The summed E-state index contributed by atoms with van der Waals surface area (Å²) in [7, 11) is 0. The van der Waals surface area contributed by atoms with Crippen LogP contribution in [0, 0.1) is 13.8 Å². The summed E-state index contributed by atoms with van der Waals surface area (Å²) in [5, 5.41) is 5.62. The van der Waals surface area contributed by atoms with Crippen LogP contribution in [-0.4, -0.2) is 21.8 Å². The number of aromatic amines is 1. The van der Waals surface area contributed by atoms with E-state index in [9.17, 15) is 14.4 Å². The average molecular weight is 431 g/mol. The summed E-state index contributed by atoms with van der Waals surface area (Å²) in [6, 6.07) is 9.14. The van der Waals surface area contributed by atoms with Crippen LogP contribution in [0.5, 0.6) is 0 Å². The standard InChI is InChI=1S/C25H26N4O3/c1-5-17-10-15(3)28-25(32)21(17)14-27-24(31)20-11-19(18-8-7-9-26-13-18)12-22(16(20)4)29-23(30)6-2/h6-13H,2,5,14H2,1,3-4H3,(H,27,31)(H,28,32)(H,29,30). The molecule has 0 aliphatic carbocycles. The van der Waals surface area contributed by atoms with Gasteiger partial charge in [-0.2, -0.15) is 0 Å². The van der Waals surface area contributed by atoms with Gasteiger partial charge in [0.1, 0.15) is 0 Å². The Labute approximate surface area is 186 Å². The van der Waals surface area contributed by atoms with Gasteiger partial charge in [0, 0.05) is 47.0 Å². The van der Waals surface area contributed by atoms with Gasteiger partial charge in [-0.1, -0.05) is 19.6 Å². The number of hydrogen-bond donors (Lipinski definition) is 3. The Kier molecular flexibility index (Phi) is 7.00. The Morgan fingerprint density at radius 2 is 1.97 bits per heavy atom. The third-order valence-electron chi connectivity index (χ3n) is 5.26. The highest BCUT2D eigenvalue weighted by Crippen LogP contribution is 2.28. The lowest BCUT2D eigenvalue weighted by Crippen LogP contribution is -2.29. The number of rotatable bonds is 7. The van der Waals surface area contributed by atoms with Crippen LogP contribution >= 0.6 is 0 Å². The molecule has 0 bridgehead atoms. The van der Waals surface area contributed by atoms with Gasteiger partial charge in [0.15, 0.2) is 0 Å². The first-order valence-corrected chi connectivity index (χ1v) is 10.3. The molecule has 0 saturated heterocycles. The number of nitrogens with zero attached hydrogens (tertiary/aromatic N) is 1. The topological polar surface area (TPSA) is 104 Å². The molecule has 0 atom stereocenters. The molecule has 0 unspecified atom stereocenters. The molecule has 32 heavy (non-hydrogen) atoms. The van der Waals surface area contributed by atoms with Gasteiger partial charge in [0.25, 0.3) is 11.5 Å². The number of H-pyrrole nitrogens is 1. The minimum atomic E-state index is -0.374. The predicted octanol–water partition coefficient (Wildman–Crippen LogP) is 3.67. The molecular formula is C25H26N4O3. The Hall–Kier alpha value is -4.00. The van der Waals surface area contributed by atoms with Crippen molar-refractivity contribution in [3.8, 4) is 11.1 Å². The molecule has 2 heterocycles. The SMILES string of the molecule is C=CC(=O)Nc1cc(-c2cccnc2)cc(C(=O)NCc2c(CC)cc(C)[nH]c2=O)c1C. The summed E-state index contributed by atoms with van der Waals surface area (Å²) >= 11 is 0. The van der Waals surface area contributed by atoms with E-state index < -0.39 is 0 Å². The number of pyridine rings is 2. The molecule has 0 radical (unpaired) electrons. The van der Waals surface area contributed by atoms with Crippen LogP contribution in [0.15, 0.2) is 60.2 Å². The van der Waals surface area contributed by atoms with Gasteiger partial charge in [0.2, 0.25) is 5.91 Å². The molecule has 2 aromatic heterocycles. The molecule has 0 fully saturated rings. The van der Waals surface area contributed by atoms with Gasteiger partial charge in [-0.25, -0.2) is 0 Å². The number of carbonyl (C=O) groups is 2. The third kappa shape index (κ3) is 5.00. The van der Waals surface area contributed by atoms with Gasteiger partial charge in [-0.3, -0.25) is 19.4 Å². The number of aromatic nitrogens is 2. The molecule has 3 rings (SSSR count). The van der Waals surface area contributed by atoms with E-state index in [0.29, 0.717) is 28.8 Å². The maximum Gasteiger partial charge on any atom is 0.253 e. The number of aryl methyl sites for hydroxylation is 2. The lowest BCUT2D eigenvalue weighted by Gasteiger charge is -2.16. The van der Waals surface area contributed by atoms with Crippen molar-refractivity contribution in [1.29, 1.82) is 0 Å². The zero-order valence-electron chi connectivity index (χ0n) is 18.4. The van der Waals surface area contributed by atoms with Gasteiger partial charge in [0.05, 0.1) is 0 Å². The zero-order valence-corrected chi connectivity index (χ0v) is 18.4. The van der Waals surface area contributed by atoms with E-state index in [2.05, 4.69) is 27.2 Å². The minimum absolute atomic E-state index is 0.0997. The first kappa shape index (κ1) is 22.7. The second kappa shape index (κ2) is 9.87. The van der Waals surface area contributed by atoms with Crippen molar-refractivity contribution in [2.24, 2.45) is 0 Å². The molecule has 0 saturated carbocycles. The Morgan fingerprint density at radius 3 is 2.62 bits per heavy atom. The van der Waals surface area contributed by atoms with Crippen molar-refractivity contribution in [3.63, 3.8) is 0 Å². The lowest BCUT2D eigenvalue weighted by atomic mass is 9.98. The van der Waals surface area contributed by atoms with Crippen molar-refractivity contribution in [1.82, 2.24) is 15.3 Å². The first-order valence-electron chi connectivity index (χ1n) is 10.3. The molecule has 1 aromatic carbocycles. The molecule has 3 aromatic rings. The second-order valence-electron chi connectivity index (χ2n) is 7.45. The maximum absolute atomic E-state index is 13.1. The van der Waals surface area contributed by atoms with Crippen molar-refractivity contribution in [3.05, 3.63) is 93.7 Å². The zero-order chi connectivity index (χ0) is 23.3. The molecule has 3 N–H and O–H groups in total. The normalized spacial score (nSPS) is 10.5. The van der Waals surface area contributed by atoms with Crippen molar-refractivity contribution in [2.45, 2.75) is 33.7 Å². The molecule has 164 valence electrons. The fourth-order valence-electron chi connectivity index (χ4n) is 3.52. The van der Waals surface area contributed by atoms with Crippen LogP contribution in [0.2, 0.25) is 0 Å². The van der Waals surface area contributed by atoms with Crippen molar-refractivity contribution >= 4 is 17.5 Å². The van der Waals surface area contributed by atoms with E-state index in [1.165, 1.54) is 6.08 Å². The van der Waals surface area contributed by atoms with Gasteiger partial charge in [-0.05, 0) is 67.3 Å². The van der Waals surface area contributed by atoms with Gasteiger partial charge in [-0.15, -0.1) is 0 Å². The lowest BCUT2D eigenvalue weighted by molar-refractivity contribution is -0.111. The number of benzene rings is 1. The summed E-state index contributed by atoms with van der Waals surface area (Å²) in [4.78, 5) is 44.4. The quantitative estimate of drug-likeness (QED) is 0.498. The highest BCUT2D eigenvalue weighted by molar-refractivity contribution is 6.03. The van der Waals surface area contributed by atoms with E-state index in [1.54, 1.807) is 37.5 Å². The van der Waals surface area contributed by atoms with Crippen molar-refractivity contribution < 1.29 is 9.59 Å². The van der Waals surface area contributed by atoms with Crippen LogP contribution < -0.4 is 16.2 Å². The van der Waals surface area contributed by atoms with Crippen LogP contribution in [0.4, 0.5) is 5.69 Å². The minimum Gasteiger partial charge on any atom is -0.348 e. The van der Waals surface area contributed by atoms with E-state index in [1.807, 2.05) is 26.0 Å². The van der Waals surface area contributed by atoms with E-state index in [4.69, 9.17) is 0 Å². The van der Waals surface area contributed by atoms with Gasteiger partial charge < -0.3 is 15.6 Å². The fraction of sp³-hybridized carbons (Fsp3) is 0.200. The van der Waals surface area contributed by atoms with Crippen molar-refractivity contribution in [2.75, 3.05) is 5.32 Å². The molecule has 0 aliphatic rings. The van der Waals surface area contributed by atoms with Crippen LogP contribution in [0.3, 0.4) is 0 Å². The highest BCUT2D eigenvalue weighted by atomic mass is 16.2. The number of hydrogen-bond acceptors (Lipinski definition) is 4. The fourth-order valence-corrected chi connectivity index (χ4v) is 3.52. The van der Waals surface area contributed by atoms with Crippen LogP contribution in [-0.2, 0) is 17.8 Å². The Morgan fingerprint density at radius 1 is 1.19 bits per heavy atom. The van der Waals surface area contributed by atoms with Crippen LogP contribution in [0.1, 0.15) is 39.7 Å². The molecule has 0 aliphatic heterocycles. The van der Waals surface area contributed by atoms with Gasteiger partial charge >= 0.3 is 0 Å². The average Bonchev–Trinajstić information content (AvgIpc) is 2.79. The Balaban J connectivity index is 1.98. The van der Waals surface area contributed by atoms with Crippen LogP contribution in [0.25, 0.3) is 11.1 Å². The van der Waals surface area contributed by atoms with E-state index in [0.717, 1.165) is 22.4 Å². The largest absolute Gasteiger partial charge is 0.348 e. The monoisotopic (exact) mass is 430 g/mol. The summed E-state index contributed by atoms with van der Waals surface area (Å²) in [5.74, 6) is -0.717. The molecule has 7 nitrogen and oxygen atoms in total. The predicted molar refractivity (Wildman–Crippen MR) is 126 cm³/mol. The van der Waals surface area contributed by atoms with E-state index in [-0.39, 0.29) is 23.9 Å². The second-order valence-corrected chi connectivity index (χ2v) is 7.45. The molecular weight excluding hydrogens is 404 g/mol. The molecule has 0 spiro atoms. The molecule has 7 heteroatoms. The number of anilines is 1. The summed E-state index contributed by atoms with van der Waals surface area (Å²) in [6.07, 6.45) is 5.20. The summed E-state index contributed by atoms with van der Waals surface area (Å²) in [5.41, 5.74) is 5.05. The smallest absolute Gasteiger partial charge is 0.253 e. The number of amides is 2. The maximum atomic E-state index is 13.1.